The second-order valence-electron chi connectivity index (χ2n) is 9.68. The van der Waals surface area contributed by atoms with Gasteiger partial charge in [-0.25, -0.2) is 0 Å². The molecule has 0 radical (unpaired) electrons. The van der Waals surface area contributed by atoms with E-state index in [9.17, 15) is 9.59 Å². The first-order chi connectivity index (χ1) is 20.2. The molecule has 41 heavy (non-hydrogen) atoms. The summed E-state index contributed by atoms with van der Waals surface area (Å²) in [6.07, 6.45) is 2.97. The smallest absolute Gasteiger partial charge is 0.264 e. The number of aromatic nitrogens is 1. The molecule has 1 amide bonds. The third-order valence-corrected chi connectivity index (χ3v) is 7.12. The highest BCUT2D eigenvalue weighted by molar-refractivity contribution is 6.06. The van der Waals surface area contributed by atoms with E-state index >= 15 is 0 Å². The van der Waals surface area contributed by atoms with Crippen LogP contribution in [0.4, 0.5) is 5.69 Å². The van der Waals surface area contributed by atoms with Crippen molar-refractivity contribution in [3.8, 4) is 16.9 Å². The van der Waals surface area contributed by atoms with Crippen LogP contribution in [0.5, 0.6) is 5.75 Å². The molecular formula is C33H34N2O6. The molecule has 1 aliphatic carbocycles. The first-order valence-electron chi connectivity index (χ1n) is 13.8. The number of anilines is 1. The molecule has 0 saturated heterocycles. The maximum atomic E-state index is 14.0. The number of carbonyl (C=O) groups excluding carboxylic acids is 1. The monoisotopic (exact) mass is 554 g/mol. The minimum Gasteiger partial charge on any atom is -0.491 e. The number of hydrogen-bond acceptors (Lipinski definition) is 6. The van der Waals surface area contributed by atoms with E-state index in [4.69, 9.17) is 19.3 Å². The van der Waals surface area contributed by atoms with Crippen molar-refractivity contribution in [1.29, 1.82) is 0 Å². The Morgan fingerprint density at radius 1 is 0.829 bits per heavy atom. The van der Waals surface area contributed by atoms with Gasteiger partial charge in [0.1, 0.15) is 17.9 Å². The van der Waals surface area contributed by atoms with E-state index in [1.807, 2.05) is 72.8 Å². The summed E-state index contributed by atoms with van der Waals surface area (Å²) in [7, 11) is 0. The summed E-state index contributed by atoms with van der Waals surface area (Å²) in [5, 5.41) is 8.76. The Balaban J connectivity index is 1.38. The molecule has 0 bridgehead atoms. The molecule has 5 rings (SSSR count). The van der Waals surface area contributed by atoms with Gasteiger partial charge in [-0.3, -0.25) is 9.59 Å². The Hall–Kier alpha value is -4.24. The number of fused-ring (bicyclic) bond motifs is 1. The van der Waals surface area contributed by atoms with E-state index in [-0.39, 0.29) is 24.1 Å². The van der Waals surface area contributed by atoms with Gasteiger partial charge in [-0.05, 0) is 65.4 Å². The molecule has 1 unspecified atom stereocenters. The fourth-order valence-corrected chi connectivity index (χ4v) is 5.20. The van der Waals surface area contributed by atoms with Crippen LogP contribution in [0.15, 0.2) is 95.9 Å². The van der Waals surface area contributed by atoms with Crippen LogP contribution in [0.2, 0.25) is 0 Å². The second-order valence-corrected chi connectivity index (χ2v) is 9.68. The number of hydrogen-bond donors (Lipinski definition) is 2. The van der Waals surface area contributed by atoms with Gasteiger partial charge in [-0.2, -0.15) is 0 Å². The summed E-state index contributed by atoms with van der Waals surface area (Å²) < 4.78 is 16.8. The van der Waals surface area contributed by atoms with Gasteiger partial charge < -0.3 is 29.2 Å². The molecule has 3 aromatic carbocycles. The first kappa shape index (κ1) is 28.3. The van der Waals surface area contributed by atoms with E-state index < -0.39 is 5.56 Å². The highest BCUT2D eigenvalue weighted by Gasteiger charge is 2.35. The van der Waals surface area contributed by atoms with Crippen LogP contribution in [-0.4, -0.2) is 55.6 Å². The Kier molecular flexibility index (Phi) is 9.59. The lowest BCUT2D eigenvalue weighted by Gasteiger charge is -2.30. The second kappa shape index (κ2) is 13.9. The van der Waals surface area contributed by atoms with Crippen molar-refractivity contribution < 1.29 is 24.1 Å². The third-order valence-electron chi connectivity index (χ3n) is 7.12. The number of aliphatic hydroxyl groups is 1. The molecule has 1 aliphatic rings. The molecular weight excluding hydrogens is 520 g/mol. The van der Waals surface area contributed by atoms with Crippen LogP contribution >= 0.6 is 0 Å². The molecule has 1 atom stereocenters. The number of nitrogens with one attached hydrogen (secondary N) is 1. The Labute approximate surface area is 239 Å². The number of rotatable bonds is 13. The van der Waals surface area contributed by atoms with Gasteiger partial charge in [0.05, 0.1) is 39.1 Å². The zero-order valence-corrected chi connectivity index (χ0v) is 22.8. The van der Waals surface area contributed by atoms with Crippen molar-refractivity contribution in [2.45, 2.75) is 18.9 Å². The summed E-state index contributed by atoms with van der Waals surface area (Å²) in [6, 6.07) is 26.8. The van der Waals surface area contributed by atoms with Gasteiger partial charge in [0, 0.05) is 11.9 Å². The quantitative estimate of drug-likeness (QED) is 0.231. The minimum atomic E-state index is -0.416. The molecule has 0 fully saturated rings. The summed E-state index contributed by atoms with van der Waals surface area (Å²) in [5.74, 6) is 0.426. The van der Waals surface area contributed by atoms with E-state index in [0.717, 1.165) is 40.1 Å². The molecule has 1 heterocycles. The number of H-pyrrole nitrogens is 1. The summed E-state index contributed by atoms with van der Waals surface area (Å²) >= 11 is 0. The number of aromatic amines is 1. The topological polar surface area (TPSA) is 101 Å². The van der Waals surface area contributed by atoms with Crippen LogP contribution < -0.4 is 15.2 Å². The molecule has 0 aliphatic heterocycles. The van der Waals surface area contributed by atoms with Crippen LogP contribution in [0, 0.1) is 0 Å². The van der Waals surface area contributed by atoms with Crippen molar-refractivity contribution in [3.63, 3.8) is 0 Å². The number of aliphatic hydroxyl groups excluding tert-OH is 1. The normalized spacial score (nSPS) is 14.0. The van der Waals surface area contributed by atoms with Crippen molar-refractivity contribution in [3.05, 3.63) is 118 Å². The van der Waals surface area contributed by atoms with Gasteiger partial charge in [-0.15, -0.1) is 0 Å². The van der Waals surface area contributed by atoms with E-state index in [2.05, 4.69) is 4.98 Å². The van der Waals surface area contributed by atoms with Crippen molar-refractivity contribution in [2.24, 2.45) is 0 Å². The Bertz CT molecular complexity index is 1490. The van der Waals surface area contributed by atoms with E-state index in [0.29, 0.717) is 39.5 Å². The Morgan fingerprint density at radius 2 is 1.56 bits per heavy atom. The van der Waals surface area contributed by atoms with Crippen LogP contribution in [-0.2, 0) is 15.9 Å². The van der Waals surface area contributed by atoms with Gasteiger partial charge in [0.2, 0.25) is 0 Å². The van der Waals surface area contributed by atoms with Gasteiger partial charge >= 0.3 is 0 Å². The van der Waals surface area contributed by atoms with Crippen LogP contribution in [0.25, 0.3) is 11.1 Å². The average Bonchev–Trinajstić information content (AvgIpc) is 3.44. The lowest BCUT2D eigenvalue weighted by atomic mass is 10.0. The number of benzene rings is 3. The van der Waals surface area contributed by atoms with Gasteiger partial charge in [-0.1, -0.05) is 54.6 Å². The zero-order chi connectivity index (χ0) is 28.4. The summed E-state index contributed by atoms with van der Waals surface area (Å²) in [5.41, 5.74) is 4.60. The predicted octanol–water partition coefficient (Wildman–Crippen LogP) is 4.78. The number of pyridine rings is 1. The van der Waals surface area contributed by atoms with E-state index in [1.54, 1.807) is 17.0 Å². The van der Waals surface area contributed by atoms with E-state index in [1.165, 1.54) is 6.20 Å². The highest BCUT2D eigenvalue weighted by atomic mass is 16.5. The largest absolute Gasteiger partial charge is 0.491 e. The zero-order valence-electron chi connectivity index (χ0n) is 22.8. The van der Waals surface area contributed by atoms with Crippen molar-refractivity contribution in [2.75, 3.05) is 44.5 Å². The molecule has 8 nitrogen and oxygen atoms in total. The summed E-state index contributed by atoms with van der Waals surface area (Å²) in [4.78, 5) is 31.0. The molecule has 0 saturated carbocycles. The molecule has 4 aromatic rings. The number of nitrogens with zero attached hydrogens (tertiary/aromatic N) is 1. The lowest BCUT2D eigenvalue weighted by Crippen LogP contribution is -2.37. The molecule has 212 valence electrons. The molecule has 2 N–H and O–H groups in total. The highest BCUT2D eigenvalue weighted by Crippen LogP contribution is 2.43. The maximum absolute atomic E-state index is 14.0. The number of ether oxygens (including phenoxy) is 3. The summed E-state index contributed by atoms with van der Waals surface area (Å²) in [6.45, 7) is 1.93. The number of carbonyl (C=O) groups is 1. The number of amides is 1. The predicted molar refractivity (Wildman–Crippen MR) is 157 cm³/mol. The van der Waals surface area contributed by atoms with Crippen molar-refractivity contribution in [1.82, 2.24) is 4.98 Å². The van der Waals surface area contributed by atoms with Crippen molar-refractivity contribution >= 4 is 11.6 Å². The van der Waals surface area contributed by atoms with Gasteiger partial charge in [0.15, 0.2) is 0 Å². The van der Waals surface area contributed by atoms with Crippen LogP contribution in [0.1, 0.15) is 33.9 Å². The first-order valence-corrected chi connectivity index (χ1v) is 13.8. The average molecular weight is 555 g/mol. The van der Waals surface area contributed by atoms with Crippen LogP contribution in [0.3, 0.4) is 0 Å². The standard InChI is InChI=1S/C33H34N2O6/c36-18-19-39-20-21-40-22-23-41-31-10-4-8-27-28(31)15-16-30(27)35(33(38)29-9-5-17-34-32(29)37)26-13-11-25(12-14-26)24-6-2-1-3-7-24/h1-14,17,30,36H,15-16,18-23H2,(H,34,37). The lowest BCUT2D eigenvalue weighted by molar-refractivity contribution is 0.0246. The maximum Gasteiger partial charge on any atom is 0.264 e. The Morgan fingerprint density at radius 3 is 2.32 bits per heavy atom. The molecule has 8 heteroatoms. The van der Waals surface area contributed by atoms with Gasteiger partial charge in [0.25, 0.3) is 11.5 Å². The molecule has 0 spiro atoms. The fourth-order valence-electron chi connectivity index (χ4n) is 5.20. The SMILES string of the molecule is O=C(c1ccc[nH]c1=O)N(c1ccc(-c2ccccc2)cc1)C1CCc2c(OCCOCCOCCO)cccc21. The molecule has 1 aromatic heterocycles. The fraction of sp³-hybridized carbons (Fsp3) is 0.273. The minimum absolute atomic E-state index is 0.00686. The third kappa shape index (κ3) is 6.74.